The molecule has 92 valence electrons. The van der Waals surface area contributed by atoms with Crippen LogP contribution >= 0.6 is 0 Å². The predicted octanol–water partition coefficient (Wildman–Crippen LogP) is 1.20. The van der Waals surface area contributed by atoms with Crippen LogP contribution in [-0.4, -0.2) is 27.6 Å². The highest BCUT2D eigenvalue weighted by Crippen LogP contribution is 2.37. The van der Waals surface area contributed by atoms with Gasteiger partial charge >= 0.3 is 0 Å². The summed E-state index contributed by atoms with van der Waals surface area (Å²) in [5, 5.41) is 0. The highest BCUT2D eigenvalue weighted by molar-refractivity contribution is 7.92. The van der Waals surface area contributed by atoms with Gasteiger partial charge in [0.2, 0.25) is 10.0 Å². The highest BCUT2D eigenvalue weighted by Gasteiger charge is 2.25. The van der Waals surface area contributed by atoms with Crippen LogP contribution in [0.3, 0.4) is 0 Å². The standard InChI is InChI=1S/C11H13NO4S/c1-16-11-8-4-6-10(13)7(8)3-5-9(11)12-17(2,14)15/h3,5,12H,4,6H2,1-2H3. The van der Waals surface area contributed by atoms with E-state index in [1.807, 2.05) is 0 Å². The van der Waals surface area contributed by atoms with Gasteiger partial charge < -0.3 is 4.74 Å². The van der Waals surface area contributed by atoms with Crippen LogP contribution in [0.4, 0.5) is 5.69 Å². The van der Waals surface area contributed by atoms with Crippen molar-refractivity contribution in [3.63, 3.8) is 0 Å². The Labute approximate surface area is 99.8 Å². The van der Waals surface area contributed by atoms with Gasteiger partial charge in [0, 0.05) is 17.5 Å². The van der Waals surface area contributed by atoms with Crippen LogP contribution in [0.5, 0.6) is 5.75 Å². The Morgan fingerprint density at radius 2 is 2.00 bits per heavy atom. The van der Waals surface area contributed by atoms with E-state index in [0.29, 0.717) is 29.8 Å². The molecule has 0 atom stereocenters. The van der Waals surface area contributed by atoms with E-state index in [1.54, 1.807) is 12.1 Å². The van der Waals surface area contributed by atoms with Crippen molar-refractivity contribution < 1.29 is 17.9 Å². The van der Waals surface area contributed by atoms with Gasteiger partial charge in [-0.05, 0) is 18.6 Å². The summed E-state index contributed by atoms with van der Waals surface area (Å²) >= 11 is 0. The summed E-state index contributed by atoms with van der Waals surface area (Å²) in [7, 11) is -1.89. The lowest BCUT2D eigenvalue weighted by molar-refractivity contribution is 0.0994. The van der Waals surface area contributed by atoms with Gasteiger partial charge in [0.25, 0.3) is 0 Å². The molecule has 1 aromatic carbocycles. The predicted molar refractivity (Wildman–Crippen MR) is 64.1 cm³/mol. The summed E-state index contributed by atoms with van der Waals surface area (Å²) in [6, 6.07) is 3.20. The second-order valence-corrected chi connectivity index (χ2v) is 5.72. The zero-order chi connectivity index (χ0) is 12.6. The maximum atomic E-state index is 11.5. The zero-order valence-electron chi connectivity index (χ0n) is 9.61. The summed E-state index contributed by atoms with van der Waals surface area (Å²) in [4.78, 5) is 11.5. The molecule has 0 aromatic heterocycles. The number of anilines is 1. The fraction of sp³-hybridized carbons (Fsp3) is 0.364. The number of rotatable bonds is 3. The number of carbonyl (C=O) groups is 1. The summed E-state index contributed by atoms with van der Waals surface area (Å²) in [5.41, 5.74) is 1.79. The number of ether oxygens (including phenoxy) is 1. The molecule has 0 amide bonds. The summed E-state index contributed by atoms with van der Waals surface area (Å²) < 4.78 is 30.0. The molecular formula is C11H13NO4S. The van der Waals surface area contributed by atoms with Gasteiger partial charge in [-0.2, -0.15) is 0 Å². The minimum Gasteiger partial charge on any atom is -0.494 e. The number of benzene rings is 1. The van der Waals surface area contributed by atoms with Crippen LogP contribution in [0.1, 0.15) is 22.3 Å². The van der Waals surface area contributed by atoms with Crippen molar-refractivity contribution in [3.8, 4) is 5.75 Å². The summed E-state index contributed by atoms with van der Waals surface area (Å²) in [6.07, 6.45) is 2.12. The maximum Gasteiger partial charge on any atom is 0.229 e. The molecule has 1 N–H and O–H groups in total. The van der Waals surface area contributed by atoms with Crippen LogP contribution < -0.4 is 9.46 Å². The average molecular weight is 255 g/mol. The fourth-order valence-corrected chi connectivity index (χ4v) is 2.58. The molecule has 2 rings (SSSR count). The van der Waals surface area contributed by atoms with Crippen molar-refractivity contribution in [1.29, 1.82) is 0 Å². The van der Waals surface area contributed by atoms with Crippen LogP contribution in [0.15, 0.2) is 12.1 Å². The first-order chi connectivity index (χ1) is 7.92. The number of fused-ring (bicyclic) bond motifs is 1. The van der Waals surface area contributed by atoms with Crippen molar-refractivity contribution >= 4 is 21.5 Å². The third-order valence-electron chi connectivity index (χ3n) is 2.66. The molecular weight excluding hydrogens is 242 g/mol. The van der Waals surface area contributed by atoms with E-state index in [1.165, 1.54) is 7.11 Å². The molecule has 0 saturated carbocycles. The molecule has 1 aliphatic rings. The Morgan fingerprint density at radius 1 is 1.29 bits per heavy atom. The zero-order valence-corrected chi connectivity index (χ0v) is 10.4. The quantitative estimate of drug-likeness (QED) is 0.880. The van der Waals surface area contributed by atoms with Crippen molar-refractivity contribution in [1.82, 2.24) is 0 Å². The fourth-order valence-electron chi connectivity index (χ4n) is 2.02. The van der Waals surface area contributed by atoms with Crippen LogP contribution in [-0.2, 0) is 16.4 Å². The van der Waals surface area contributed by atoms with E-state index in [2.05, 4.69) is 4.72 Å². The number of carbonyl (C=O) groups excluding carboxylic acids is 1. The molecule has 0 spiro atoms. The Balaban J connectivity index is 2.53. The molecule has 0 radical (unpaired) electrons. The maximum absolute atomic E-state index is 11.5. The van der Waals surface area contributed by atoms with Crippen molar-refractivity contribution in [2.24, 2.45) is 0 Å². The second kappa shape index (κ2) is 4.03. The second-order valence-electron chi connectivity index (χ2n) is 3.97. The van der Waals surface area contributed by atoms with Crippen molar-refractivity contribution in [2.75, 3.05) is 18.1 Å². The normalized spacial score (nSPS) is 14.6. The number of sulfonamides is 1. The number of hydrogen-bond donors (Lipinski definition) is 1. The molecule has 6 heteroatoms. The van der Waals surface area contributed by atoms with E-state index >= 15 is 0 Å². The van der Waals surface area contributed by atoms with E-state index in [4.69, 9.17) is 4.74 Å². The third-order valence-corrected chi connectivity index (χ3v) is 3.25. The monoisotopic (exact) mass is 255 g/mol. The Morgan fingerprint density at radius 3 is 2.59 bits per heavy atom. The van der Waals surface area contributed by atoms with E-state index in [-0.39, 0.29) is 5.78 Å². The molecule has 0 fully saturated rings. The van der Waals surface area contributed by atoms with Gasteiger partial charge in [-0.3, -0.25) is 9.52 Å². The van der Waals surface area contributed by atoms with Gasteiger partial charge in [0.15, 0.2) is 5.78 Å². The van der Waals surface area contributed by atoms with Gasteiger partial charge in [-0.1, -0.05) is 0 Å². The highest BCUT2D eigenvalue weighted by atomic mass is 32.2. The lowest BCUT2D eigenvalue weighted by atomic mass is 10.1. The topological polar surface area (TPSA) is 72.5 Å². The molecule has 1 aliphatic carbocycles. The first-order valence-corrected chi connectivity index (χ1v) is 7.02. The lowest BCUT2D eigenvalue weighted by Gasteiger charge is -2.13. The largest absolute Gasteiger partial charge is 0.494 e. The van der Waals surface area contributed by atoms with Crippen LogP contribution in [0.25, 0.3) is 0 Å². The van der Waals surface area contributed by atoms with Crippen molar-refractivity contribution in [2.45, 2.75) is 12.8 Å². The van der Waals surface area contributed by atoms with E-state index in [0.717, 1.165) is 11.8 Å². The van der Waals surface area contributed by atoms with Gasteiger partial charge in [0.1, 0.15) is 5.75 Å². The van der Waals surface area contributed by atoms with Crippen LogP contribution in [0, 0.1) is 0 Å². The Kier molecular flexibility index (Phi) is 2.82. The number of hydrogen-bond acceptors (Lipinski definition) is 4. The molecule has 0 heterocycles. The molecule has 0 unspecified atom stereocenters. The number of Topliss-reactive ketones (excluding diaryl/α,β-unsaturated/α-hetero) is 1. The molecule has 0 bridgehead atoms. The lowest BCUT2D eigenvalue weighted by Crippen LogP contribution is -2.11. The minimum atomic E-state index is -3.36. The smallest absolute Gasteiger partial charge is 0.229 e. The summed E-state index contributed by atoms with van der Waals surface area (Å²) in [6.45, 7) is 0. The third kappa shape index (κ3) is 2.26. The summed E-state index contributed by atoms with van der Waals surface area (Å²) in [5.74, 6) is 0.517. The molecule has 0 saturated heterocycles. The molecule has 0 aliphatic heterocycles. The Hall–Kier alpha value is -1.56. The van der Waals surface area contributed by atoms with E-state index < -0.39 is 10.0 Å². The first-order valence-electron chi connectivity index (χ1n) is 5.13. The molecule has 5 nitrogen and oxygen atoms in total. The Bertz CT molecular complexity index is 577. The first kappa shape index (κ1) is 11.9. The van der Waals surface area contributed by atoms with Gasteiger partial charge in [-0.15, -0.1) is 0 Å². The molecule has 17 heavy (non-hydrogen) atoms. The number of ketones is 1. The van der Waals surface area contributed by atoms with Gasteiger partial charge in [-0.25, -0.2) is 8.42 Å². The minimum absolute atomic E-state index is 0.0733. The average Bonchev–Trinajstić information content (AvgIpc) is 2.58. The molecule has 1 aromatic rings. The number of methoxy groups -OCH3 is 1. The van der Waals surface area contributed by atoms with Crippen LogP contribution in [0.2, 0.25) is 0 Å². The SMILES string of the molecule is COc1c(NS(C)(=O)=O)ccc2c1CCC2=O. The van der Waals surface area contributed by atoms with E-state index in [9.17, 15) is 13.2 Å². The van der Waals surface area contributed by atoms with Gasteiger partial charge in [0.05, 0.1) is 19.1 Å². The number of nitrogens with one attached hydrogen (secondary N) is 1. The van der Waals surface area contributed by atoms with Crippen molar-refractivity contribution in [3.05, 3.63) is 23.3 Å².